The predicted molar refractivity (Wildman–Crippen MR) is 134 cm³/mol. The van der Waals surface area contributed by atoms with Crippen molar-refractivity contribution in [3.8, 4) is 11.1 Å². The minimum Gasteiger partial charge on any atom is -0.478 e. The summed E-state index contributed by atoms with van der Waals surface area (Å²) in [5.41, 5.74) is 3.13. The lowest BCUT2D eigenvalue weighted by atomic mass is 9.82. The summed E-state index contributed by atoms with van der Waals surface area (Å²) in [6, 6.07) is 22.1. The van der Waals surface area contributed by atoms with E-state index in [1.807, 2.05) is 0 Å². The number of aryl methyl sites for hydroxylation is 1. The van der Waals surface area contributed by atoms with Crippen molar-refractivity contribution in [3.05, 3.63) is 125 Å². The molecule has 0 radical (unpaired) electrons. The van der Waals surface area contributed by atoms with Crippen molar-refractivity contribution < 1.29 is 28.3 Å². The smallest absolute Gasteiger partial charge is 0.416 e. The molecule has 4 aromatic rings. The molecule has 3 aromatic carbocycles. The summed E-state index contributed by atoms with van der Waals surface area (Å²) in [7, 11) is 0. The van der Waals surface area contributed by atoms with Crippen LogP contribution in [0.15, 0.2) is 96.3 Å². The van der Waals surface area contributed by atoms with Gasteiger partial charge in [-0.2, -0.15) is 13.2 Å². The standard InChI is InChI=1S/C29H23F3N2O3/c1-18-16-23(14-15-33-18)27(34-37)17-25(24-4-2-3-5-26(24)29(30,31)32)21-10-6-19(7-11-21)20-8-12-22(13-9-20)28(35)36/h2-16,25,37H,17H2,1H3,(H,35,36)/b34-27-. The first kappa shape index (κ1) is 25.6. The zero-order valence-corrected chi connectivity index (χ0v) is 19.8. The Hall–Kier alpha value is -4.46. The van der Waals surface area contributed by atoms with Crippen LogP contribution in [0, 0.1) is 6.92 Å². The number of pyridine rings is 1. The second kappa shape index (κ2) is 10.7. The Kier molecular flexibility index (Phi) is 7.38. The molecule has 0 amide bonds. The van der Waals surface area contributed by atoms with Gasteiger partial charge in [-0.05, 0) is 59.5 Å². The minimum absolute atomic E-state index is 0.0136. The maximum Gasteiger partial charge on any atom is 0.416 e. The molecule has 2 N–H and O–H groups in total. The third-order valence-electron chi connectivity index (χ3n) is 6.17. The Morgan fingerprint density at radius 2 is 1.54 bits per heavy atom. The zero-order valence-electron chi connectivity index (χ0n) is 19.8. The molecular weight excluding hydrogens is 481 g/mol. The fourth-order valence-electron chi connectivity index (χ4n) is 4.31. The molecule has 4 rings (SSSR count). The first-order chi connectivity index (χ1) is 17.7. The number of rotatable bonds is 7. The average Bonchev–Trinajstić information content (AvgIpc) is 2.89. The van der Waals surface area contributed by atoms with Gasteiger partial charge in [0.15, 0.2) is 0 Å². The van der Waals surface area contributed by atoms with E-state index in [9.17, 15) is 23.2 Å². The topological polar surface area (TPSA) is 82.8 Å². The number of benzene rings is 3. The quantitative estimate of drug-likeness (QED) is 0.159. The van der Waals surface area contributed by atoms with Crippen molar-refractivity contribution >= 4 is 11.7 Å². The van der Waals surface area contributed by atoms with Crippen LogP contribution in [0.1, 0.15) is 50.6 Å². The van der Waals surface area contributed by atoms with Gasteiger partial charge in [-0.1, -0.05) is 59.8 Å². The summed E-state index contributed by atoms with van der Waals surface area (Å²) >= 11 is 0. The lowest BCUT2D eigenvalue weighted by molar-refractivity contribution is -0.138. The number of carboxylic acid groups (broad SMARTS) is 1. The van der Waals surface area contributed by atoms with E-state index >= 15 is 0 Å². The Morgan fingerprint density at radius 3 is 2.11 bits per heavy atom. The molecule has 0 fully saturated rings. The van der Waals surface area contributed by atoms with Gasteiger partial charge in [-0.25, -0.2) is 4.79 Å². The molecule has 1 heterocycles. The lowest BCUT2D eigenvalue weighted by Gasteiger charge is -2.23. The number of oxime groups is 1. The van der Waals surface area contributed by atoms with Crippen LogP contribution in [0.25, 0.3) is 11.1 Å². The Bertz CT molecular complexity index is 1430. The molecule has 0 spiro atoms. The monoisotopic (exact) mass is 504 g/mol. The van der Waals surface area contributed by atoms with E-state index in [0.717, 1.165) is 17.2 Å². The Labute approximate surface area is 211 Å². The Morgan fingerprint density at radius 1 is 0.919 bits per heavy atom. The molecule has 0 aliphatic carbocycles. The van der Waals surface area contributed by atoms with Gasteiger partial charge in [0.25, 0.3) is 0 Å². The summed E-state index contributed by atoms with van der Waals surface area (Å²) in [5, 5.41) is 22.3. The molecule has 1 unspecified atom stereocenters. The zero-order chi connectivity index (χ0) is 26.6. The number of hydrogen-bond donors (Lipinski definition) is 2. The van der Waals surface area contributed by atoms with Gasteiger partial charge < -0.3 is 10.3 Å². The summed E-state index contributed by atoms with van der Waals surface area (Å²) < 4.78 is 41.9. The first-order valence-corrected chi connectivity index (χ1v) is 11.4. The highest BCUT2D eigenvalue weighted by atomic mass is 19.4. The van der Waals surface area contributed by atoms with Gasteiger partial charge in [0.05, 0.1) is 16.8 Å². The van der Waals surface area contributed by atoms with Crippen LogP contribution in [-0.4, -0.2) is 27.0 Å². The van der Waals surface area contributed by atoms with Crippen LogP contribution in [0.3, 0.4) is 0 Å². The van der Waals surface area contributed by atoms with Crippen LogP contribution in [0.4, 0.5) is 13.2 Å². The summed E-state index contributed by atoms with van der Waals surface area (Å²) in [5.74, 6) is -1.79. The third-order valence-corrected chi connectivity index (χ3v) is 6.17. The molecule has 0 bridgehead atoms. The van der Waals surface area contributed by atoms with Crippen molar-refractivity contribution in [1.29, 1.82) is 0 Å². The van der Waals surface area contributed by atoms with Crippen LogP contribution in [0.5, 0.6) is 0 Å². The number of aromatic nitrogens is 1. The van der Waals surface area contributed by atoms with Crippen molar-refractivity contribution in [1.82, 2.24) is 4.98 Å². The number of nitrogens with zero attached hydrogens (tertiary/aromatic N) is 2. The number of carboxylic acids is 1. The van der Waals surface area contributed by atoms with Crippen LogP contribution < -0.4 is 0 Å². The second-order valence-electron chi connectivity index (χ2n) is 8.58. The summed E-state index contributed by atoms with van der Waals surface area (Å²) in [6.45, 7) is 1.77. The number of aromatic carboxylic acids is 1. The lowest BCUT2D eigenvalue weighted by Crippen LogP contribution is -2.16. The largest absolute Gasteiger partial charge is 0.478 e. The van der Waals surface area contributed by atoms with Crippen LogP contribution in [0.2, 0.25) is 0 Å². The van der Waals surface area contributed by atoms with E-state index in [-0.39, 0.29) is 23.3 Å². The normalized spacial score (nSPS) is 12.8. The maximum atomic E-state index is 14.0. The molecule has 0 saturated carbocycles. The van der Waals surface area contributed by atoms with E-state index in [4.69, 9.17) is 5.11 Å². The molecule has 37 heavy (non-hydrogen) atoms. The van der Waals surface area contributed by atoms with Gasteiger partial charge in [-0.3, -0.25) is 4.98 Å². The van der Waals surface area contributed by atoms with Gasteiger partial charge in [-0.15, -0.1) is 0 Å². The van der Waals surface area contributed by atoms with Crippen molar-refractivity contribution in [3.63, 3.8) is 0 Å². The summed E-state index contributed by atoms with van der Waals surface area (Å²) in [6.07, 6.45) is -3.00. The van der Waals surface area contributed by atoms with Gasteiger partial charge in [0.2, 0.25) is 0 Å². The van der Waals surface area contributed by atoms with Crippen molar-refractivity contribution in [2.24, 2.45) is 5.16 Å². The summed E-state index contributed by atoms with van der Waals surface area (Å²) in [4.78, 5) is 15.3. The number of hydrogen-bond acceptors (Lipinski definition) is 4. The SMILES string of the molecule is Cc1cc(/C(CC(c2ccc(-c3ccc(C(=O)O)cc3)cc2)c2ccccc2C(F)(F)F)=N\O)ccn1. The molecule has 0 saturated heterocycles. The predicted octanol–water partition coefficient (Wildman–Crippen LogP) is 7.17. The highest BCUT2D eigenvalue weighted by molar-refractivity contribution is 6.01. The van der Waals surface area contributed by atoms with E-state index in [1.54, 1.807) is 67.7 Å². The van der Waals surface area contributed by atoms with E-state index in [1.165, 1.54) is 24.3 Å². The molecule has 5 nitrogen and oxygen atoms in total. The molecule has 0 aliphatic heterocycles. The number of alkyl halides is 3. The second-order valence-corrected chi connectivity index (χ2v) is 8.58. The molecule has 188 valence electrons. The average molecular weight is 505 g/mol. The fraction of sp³-hybridized carbons (Fsp3) is 0.138. The van der Waals surface area contributed by atoms with Crippen LogP contribution in [-0.2, 0) is 6.18 Å². The van der Waals surface area contributed by atoms with Gasteiger partial charge >= 0.3 is 12.1 Å². The molecule has 1 atom stereocenters. The van der Waals surface area contributed by atoms with E-state index in [2.05, 4.69) is 10.1 Å². The van der Waals surface area contributed by atoms with E-state index in [0.29, 0.717) is 16.8 Å². The van der Waals surface area contributed by atoms with E-state index < -0.39 is 23.6 Å². The third kappa shape index (κ3) is 5.86. The Balaban J connectivity index is 1.76. The molecule has 1 aromatic heterocycles. The van der Waals surface area contributed by atoms with Crippen molar-refractivity contribution in [2.45, 2.75) is 25.4 Å². The first-order valence-electron chi connectivity index (χ1n) is 11.4. The highest BCUT2D eigenvalue weighted by Gasteiger charge is 2.35. The molecule has 8 heteroatoms. The number of halogens is 3. The van der Waals surface area contributed by atoms with Gasteiger partial charge in [0.1, 0.15) is 0 Å². The number of carbonyl (C=O) groups is 1. The molecular formula is C29H23F3N2O3. The maximum absolute atomic E-state index is 14.0. The van der Waals surface area contributed by atoms with Crippen molar-refractivity contribution in [2.75, 3.05) is 0 Å². The minimum atomic E-state index is -4.57. The fourth-order valence-corrected chi connectivity index (χ4v) is 4.31. The highest BCUT2D eigenvalue weighted by Crippen LogP contribution is 2.40. The molecule has 0 aliphatic rings. The van der Waals surface area contributed by atoms with Gasteiger partial charge in [0, 0.05) is 29.8 Å². The van der Waals surface area contributed by atoms with Crippen LogP contribution >= 0.6 is 0 Å².